The summed E-state index contributed by atoms with van der Waals surface area (Å²) >= 11 is 0. The van der Waals surface area contributed by atoms with Crippen molar-refractivity contribution in [2.24, 2.45) is 5.73 Å². The second-order valence-corrected chi connectivity index (χ2v) is 5.52. The molecule has 1 aliphatic heterocycles. The first kappa shape index (κ1) is 14.1. The monoisotopic (exact) mass is 281 g/mol. The average molecular weight is 281 g/mol. The quantitative estimate of drug-likeness (QED) is 0.934. The predicted octanol–water partition coefficient (Wildman–Crippen LogP) is 2.51. The maximum Gasteiger partial charge on any atom is 0.0471 e. The van der Waals surface area contributed by atoms with E-state index in [4.69, 9.17) is 5.73 Å². The van der Waals surface area contributed by atoms with Gasteiger partial charge in [0.1, 0.15) is 0 Å². The maximum atomic E-state index is 6.03. The minimum absolute atomic E-state index is 0.337. The summed E-state index contributed by atoms with van der Waals surface area (Å²) < 4.78 is 0. The molecule has 1 atom stereocenters. The van der Waals surface area contributed by atoms with Gasteiger partial charge in [-0.3, -0.25) is 4.90 Å². The third-order valence-corrected chi connectivity index (χ3v) is 4.28. The van der Waals surface area contributed by atoms with Crippen molar-refractivity contribution in [2.75, 3.05) is 37.6 Å². The summed E-state index contributed by atoms with van der Waals surface area (Å²) in [6, 6.07) is 21.6. The molecule has 0 saturated carbocycles. The van der Waals surface area contributed by atoms with Gasteiger partial charge in [-0.05, 0) is 17.7 Å². The summed E-state index contributed by atoms with van der Waals surface area (Å²) in [5.41, 5.74) is 8.67. The van der Waals surface area contributed by atoms with Crippen LogP contribution in [0.25, 0.3) is 0 Å². The van der Waals surface area contributed by atoms with E-state index in [1.807, 2.05) is 0 Å². The SMILES string of the molecule is NC[C@@H](c1ccccc1)N1CCN(c2ccccc2)CC1. The van der Waals surface area contributed by atoms with Gasteiger partial charge in [0.15, 0.2) is 0 Å². The molecule has 0 bridgehead atoms. The van der Waals surface area contributed by atoms with Crippen molar-refractivity contribution in [2.45, 2.75) is 6.04 Å². The third-order valence-electron chi connectivity index (χ3n) is 4.28. The normalized spacial score (nSPS) is 17.7. The Morgan fingerprint density at radius 1 is 0.810 bits per heavy atom. The van der Waals surface area contributed by atoms with Crippen LogP contribution in [0.3, 0.4) is 0 Å². The Labute approximate surface area is 127 Å². The molecule has 2 aromatic carbocycles. The lowest BCUT2D eigenvalue weighted by atomic mass is 10.0. The summed E-state index contributed by atoms with van der Waals surface area (Å²) in [7, 11) is 0. The van der Waals surface area contributed by atoms with Gasteiger partial charge >= 0.3 is 0 Å². The van der Waals surface area contributed by atoms with Gasteiger partial charge < -0.3 is 10.6 Å². The third kappa shape index (κ3) is 3.26. The molecule has 1 saturated heterocycles. The van der Waals surface area contributed by atoms with Crippen molar-refractivity contribution < 1.29 is 0 Å². The Morgan fingerprint density at radius 3 is 1.95 bits per heavy atom. The highest BCUT2D eigenvalue weighted by molar-refractivity contribution is 5.46. The molecule has 3 rings (SSSR count). The van der Waals surface area contributed by atoms with Crippen LogP contribution in [0.1, 0.15) is 11.6 Å². The van der Waals surface area contributed by atoms with Crippen LogP contribution in [0.15, 0.2) is 60.7 Å². The number of nitrogens with zero attached hydrogens (tertiary/aromatic N) is 2. The van der Waals surface area contributed by atoms with E-state index >= 15 is 0 Å². The number of benzene rings is 2. The Hall–Kier alpha value is -1.84. The Kier molecular flexibility index (Phi) is 4.53. The zero-order valence-corrected chi connectivity index (χ0v) is 12.4. The highest BCUT2D eigenvalue weighted by Crippen LogP contribution is 2.23. The molecular weight excluding hydrogens is 258 g/mol. The first-order chi connectivity index (χ1) is 10.4. The standard InChI is InChI=1S/C18H23N3/c19-15-18(16-7-3-1-4-8-16)21-13-11-20(12-14-21)17-9-5-2-6-10-17/h1-10,18H,11-15,19H2/t18-/m0/s1. The molecule has 1 aliphatic rings. The van der Waals surface area contributed by atoms with E-state index in [0.29, 0.717) is 12.6 Å². The number of piperazine rings is 1. The summed E-state index contributed by atoms with van der Waals surface area (Å²) in [4.78, 5) is 4.96. The first-order valence-electron chi connectivity index (χ1n) is 7.67. The van der Waals surface area contributed by atoms with Crippen LogP contribution < -0.4 is 10.6 Å². The minimum Gasteiger partial charge on any atom is -0.369 e. The Morgan fingerprint density at radius 2 is 1.38 bits per heavy atom. The number of hydrogen-bond donors (Lipinski definition) is 1. The van der Waals surface area contributed by atoms with E-state index in [1.165, 1.54) is 11.3 Å². The molecule has 0 aliphatic carbocycles. The number of anilines is 1. The van der Waals surface area contributed by atoms with Crippen molar-refractivity contribution in [3.8, 4) is 0 Å². The Balaban J connectivity index is 1.65. The number of para-hydroxylation sites is 1. The fraction of sp³-hybridized carbons (Fsp3) is 0.333. The van der Waals surface area contributed by atoms with Gasteiger partial charge in [-0.2, -0.15) is 0 Å². The highest BCUT2D eigenvalue weighted by Gasteiger charge is 2.23. The van der Waals surface area contributed by atoms with E-state index in [0.717, 1.165) is 26.2 Å². The molecule has 1 heterocycles. The molecule has 0 aromatic heterocycles. The molecule has 1 fully saturated rings. The van der Waals surface area contributed by atoms with E-state index in [1.54, 1.807) is 0 Å². The van der Waals surface area contributed by atoms with Crippen LogP contribution in [0.5, 0.6) is 0 Å². The summed E-state index contributed by atoms with van der Waals surface area (Å²) in [5.74, 6) is 0. The van der Waals surface area contributed by atoms with Gasteiger partial charge in [-0.15, -0.1) is 0 Å². The van der Waals surface area contributed by atoms with E-state index in [-0.39, 0.29) is 0 Å². The number of nitrogens with two attached hydrogens (primary N) is 1. The van der Waals surface area contributed by atoms with Crippen LogP contribution in [-0.2, 0) is 0 Å². The first-order valence-corrected chi connectivity index (χ1v) is 7.67. The molecule has 0 spiro atoms. The molecule has 3 heteroatoms. The van der Waals surface area contributed by atoms with Gasteiger partial charge in [-0.1, -0.05) is 48.5 Å². The van der Waals surface area contributed by atoms with Crippen LogP contribution in [0.4, 0.5) is 5.69 Å². The lowest BCUT2D eigenvalue weighted by molar-refractivity contribution is 0.190. The molecule has 3 nitrogen and oxygen atoms in total. The molecule has 110 valence electrons. The Bertz CT molecular complexity index is 533. The second kappa shape index (κ2) is 6.74. The summed E-state index contributed by atoms with van der Waals surface area (Å²) in [6.07, 6.45) is 0. The molecule has 0 radical (unpaired) electrons. The largest absolute Gasteiger partial charge is 0.369 e. The summed E-state index contributed by atoms with van der Waals surface area (Å²) in [6.45, 7) is 4.92. The van der Waals surface area contributed by atoms with Gasteiger partial charge in [0.05, 0.1) is 0 Å². The maximum absolute atomic E-state index is 6.03. The molecule has 2 aromatic rings. The van der Waals surface area contributed by atoms with Gasteiger partial charge in [0.25, 0.3) is 0 Å². The van der Waals surface area contributed by atoms with Crippen molar-refractivity contribution in [3.05, 3.63) is 66.2 Å². The van der Waals surface area contributed by atoms with Crippen LogP contribution in [0, 0.1) is 0 Å². The van der Waals surface area contributed by atoms with E-state index in [9.17, 15) is 0 Å². The van der Waals surface area contributed by atoms with Crippen LogP contribution in [-0.4, -0.2) is 37.6 Å². The highest BCUT2D eigenvalue weighted by atomic mass is 15.3. The predicted molar refractivity (Wildman–Crippen MR) is 88.5 cm³/mol. The van der Waals surface area contributed by atoms with Crippen molar-refractivity contribution in [1.82, 2.24) is 4.90 Å². The molecule has 0 amide bonds. The zero-order chi connectivity index (χ0) is 14.5. The van der Waals surface area contributed by atoms with Crippen molar-refractivity contribution in [3.63, 3.8) is 0 Å². The molecule has 21 heavy (non-hydrogen) atoms. The van der Waals surface area contributed by atoms with Crippen molar-refractivity contribution >= 4 is 5.69 Å². The van der Waals surface area contributed by atoms with Gasteiger partial charge in [0.2, 0.25) is 0 Å². The van der Waals surface area contributed by atoms with Gasteiger partial charge in [-0.25, -0.2) is 0 Å². The lowest BCUT2D eigenvalue weighted by Gasteiger charge is -2.40. The van der Waals surface area contributed by atoms with E-state index < -0.39 is 0 Å². The van der Waals surface area contributed by atoms with Crippen LogP contribution in [0.2, 0.25) is 0 Å². The fourth-order valence-electron chi connectivity index (χ4n) is 3.10. The second-order valence-electron chi connectivity index (χ2n) is 5.52. The minimum atomic E-state index is 0.337. The average Bonchev–Trinajstić information content (AvgIpc) is 2.58. The zero-order valence-electron chi connectivity index (χ0n) is 12.4. The number of hydrogen-bond acceptors (Lipinski definition) is 3. The molecular formula is C18H23N3. The van der Waals surface area contributed by atoms with E-state index in [2.05, 4.69) is 70.5 Å². The molecule has 2 N–H and O–H groups in total. The van der Waals surface area contributed by atoms with Crippen molar-refractivity contribution in [1.29, 1.82) is 0 Å². The number of rotatable bonds is 4. The lowest BCUT2D eigenvalue weighted by Crippen LogP contribution is -2.49. The fourth-order valence-corrected chi connectivity index (χ4v) is 3.10. The topological polar surface area (TPSA) is 32.5 Å². The smallest absolute Gasteiger partial charge is 0.0471 e. The summed E-state index contributed by atoms with van der Waals surface area (Å²) in [5, 5.41) is 0. The van der Waals surface area contributed by atoms with Gasteiger partial charge in [0, 0.05) is 44.5 Å². The van der Waals surface area contributed by atoms with Crippen LogP contribution >= 0.6 is 0 Å². The molecule has 0 unspecified atom stereocenters.